The highest BCUT2D eigenvalue weighted by molar-refractivity contribution is 6.34. The smallest absolute Gasteiger partial charge is 0.236 e. The summed E-state index contributed by atoms with van der Waals surface area (Å²) in [5.41, 5.74) is 6.39. The Balaban J connectivity index is 1.45. The summed E-state index contributed by atoms with van der Waals surface area (Å²) in [4.78, 5) is 29.5. The number of hydrogen-bond donors (Lipinski definition) is 3. The molecule has 1 aliphatic rings. The second-order valence-corrected chi connectivity index (χ2v) is 7.84. The maximum Gasteiger partial charge on any atom is 0.236 e. The van der Waals surface area contributed by atoms with Crippen LogP contribution in [0.3, 0.4) is 0 Å². The summed E-state index contributed by atoms with van der Waals surface area (Å²) in [7, 11) is 0. The number of nitrogens with zero attached hydrogens (tertiary/aromatic N) is 1. The molecule has 1 aliphatic heterocycles. The van der Waals surface area contributed by atoms with Gasteiger partial charge in [0.1, 0.15) is 22.6 Å². The summed E-state index contributed by atoms with van der Waals surface area (Å²) in [5, 5.41) is 5.67. The van der Waals surface area contributed by atoms with Crippen LogP contribution in [-0.4, -0.2) is 29.8 Å². The first kappa shape index (κ1) is 22.6. The van der Waals surface area contributed by atoms with Crippen molar-refractivity contribution in [2.24, 2.45) is 5.92 Å². The van der Waals surface area contributed by atoms with Crippen molar-refractivity contribution in [1.29, 1.82) is 0 Å². The van der Waals surface area contributed by atoms with E-state index in [1.807, 2.05) is 0 Å². The number of nitrogens with two attached hydrogens (primary N) is 1. The molecule has 4 N–H and O–H groups in total. The molecule has 1 aromatic heterocycles. The van der Waals surface area contributed by atoms with Crippen LogP contribution in [0.15, 0.2) is 54.7 Å². The fraction of sp³-hybridized carbons (Fsp3) is 0.174. The lowest BCUT2D eigenvalue weighted by Gasteiger charge is -2.28. The van der Waals surface area contributed by atoms with Gasteiger partial charge in [-0.3, -0.25) is 9.59 Å². The molecule has 2 unspecified atom stereocenters. The molecule has 0 bridgehead atoms. The fourth-order valence-corrected chi connectivity index (χ4v) is 3.69. The number of nitrogens with one attached hydrogen (secondary N) is 2. The number of nitrogen functional groups attached to an aromatic ring is 1. The van der Waals surface area contributed by atoms with Gasteiger partial charge in [-0.25, -0.2) is 13.8 Å². The van der Waals surface area contributed by atoms with E-state index < -0.39 is 29.4 Å². The van der Waals surface area contributed by atoms with Gasteiger partial charge in [0.2, 0.25) is 5.91 Å². The summed E-state index contributed by atoms with van der Waals surface area (Å²) in [6.45, 7) is 0.491. The minimum Gasteiger partial charge on any atom is -0.453 e. The molecule has 33 heavy (non-hydrogen) atoms. The Kier molecular flexibility index (Phi) is 6.52. The Bertz CT molecular complexity index is 1210. The molecule has 0 saturated carbocycles. The monoisotopic (exact) mass is 472 g/mol. The molecule has 1 fully saturated rings. The molecule has 2 atom stereocenters. The number of rotatable bonds is 5. The van der Waals surface area contributed by atoms with Crippen LogP contribution < -0.4 is 21.1 Å². The van der Waals surface area contributed by atoms with Crippen LogP contribution in [0.25, 0.3) is 0 Å². The van der Waals surface area contributed by atoms with Gasteiger partial charge in [-0.1, -0.05) is 23.7 Å². The van der Waals surface area contributed by atoms with Crippen LogP contribution in [0.4, 0.5) is 20.3 Å². The second kappa shape index (κ2) is 9.51. The number of ketones is 1. The van der Waals surface area contributed by atoms with Crippen molar-refractivity contribution in [3.63, 3.8) is 0 Å². The minimum atomic E-state index is -0.980. The van der Waals surface area contributed by atoms with Gasteiger partial charge in [0, 0.05) is 37.1 Å². The van der Waals surface area contributed by atoms with Crippen molar-refractivity contribution in [3.8, 4) is 11.5 Å². The van der Waals surface area contributed by atoms with Gasteiger partial charge in [-0.05, 0) is 29.8 Å². The van der Waals surface area contributed by atoms with Gasteiger partial charge in [0.25, 0.3) is 0 Å². The molecule has 2 heterocycles. The largest absolute Gasteiger partial charge is 0.453 e. The molecule has 7 nitrogen and oxygen atoms in total. The van der Waals surface area contributed by atoms with E-state index in [4.69, 9.17) is 22.1 Å². The third-order valence-corrected chi connectivity index (χ3v) is 5.65. The van der Waals surface area contributed by atoms with Crippen LogP contribution in [0.5, 0.6) is 11.5 Å². The summed E-state index contributed by atoms with van der Waals surface area (Å²) < 4.78 is 33.2. The Morgan fingerprint density at radius 3 is 2.61 bits per heavy atom. The predicted molar refractivity (Wildman–Crippen MR) is 119 cm³/mol. The number of piperidine rings is 1. The normalized spacial score (nSPS) is 18.1. The van der Waals surface area contributed by atoms with Crippen molar-refractivity contribution >= 4 is 34.8 Å². The number of anilines is 2. The van der Waals surface area contributed by atoms with Gasteiger partial charge in [0.15, 0.2) is 23.1 Å². The first-order valence-corrected chi connectivity index (χ1v) is 10.4. The zero-order chi connectivity index (χ0) is 23.5. The molecule has 1 saturated heterocycles. The van der Waals surface area contributed by atoms with E-state index in [-0.39, 0.29) is 40.4 Å². The minimum absolute atomic E-state index is 0.0446. The molecule has 170 valence electrons. The number of benzene rings is 2. The third-order valence-electron chi connectivity index (χ3n) is 5.27. The maximum absolute atomic E-state index is 14.6. The van der Waals surface area contributed by atoms with E-state index in [9.17, 15) is 18.4 Å². The number of aromatic nitrogens is 1. The zero-order valence-corrected chi connectivity index (χ0v) is 17.9. The summed E-state index contributed by atoms with van der Waals surface area (Å²) in [5.74, 6) is -3.54. The molecule has 0 aliphatic carbocycles. The van der Waals surface area contributed by atoms with Crippen molar-refractivity contribution < 1.29 is 23.1 Å². The summed E-state index contributed by atoms with van der Waals surface area (Å²) in [6, 6.07) is 10.9. The van der Waals surface area contributed by atoms with E-state index >= 15 is 0 Å². The number of pyridine rings is 1. The molecule has 2 aromatic carbocycles. The van der Waals surface area contributed by atoms with Crippen LogP contribution >= 0.6 is 11.6 Å². The highest BCUT2D eigenvalue weighted by Gasteiger charge is 2.36. The zero-order valence-electron chi connectivity index (χ0n) is 17.1. The number of hydrogen-bond acceptors (Lipinski definition) is 6. The molecular formula is C23H19ClF2N4O3. The molecule has 1 amide bonds. The quantitative estimate of drug-likeness (QED) is 0.486. The van der Waals surface area contributed by atoms with Crippen LogP contribution in [0.2, 0.25) is 5.02 Å². The topological polar surface area (TPSA) is 106 Å². The van der Waals surface area contributed by atoms with E-state index in [1.165, 1.54) is 48.7 Å². The number of Topliss-reactive ketones (excluding diaryl/α,β-unsaturated/α-hetero) is 1. The number of carbonyl (C=O) groups excluding carboxylic acids is 2. The number of ether oxygens (including phenoxy) is 1. The number of amides is 1. The van der Waals surface area contributed by atoms with Crippen LogP contribution in [-0.2, 0) is 9.59 Å². The standard InChI is InChI=1S/C23H19ClF2N4O3/c24-20-19(7-8-29-22(20)27)33-18-6-5-14(9-17(18)26)30-23(32)16-11-28-10-15(21(16)31)12-1-3-13(25)4-2-12/h1-9,15-16,28H,10-11H2,(H2,27,29)(H,30,32). The molecule has 0 radical (unpaired) electrons. The Morgan fingerprint density at radius 2 is 1.88 bits per heavy atom. The average Bonchev–Trinajstić information content (AvgIpc) is 2.79. The van der Waals surface area contributed by atoms with Gasteiger partial charge < -0.3 is 21.1 Å². The molecule has 10 heteroatoms. The van der Waals surface area contributed by atoms with Crippen LogP contribution in [0.1, 0.15) is 11.5 Å². The van der Waals surface area contributed by atoms with E-state index in [0.29, 0.717) is 12.1 Å². The fourth-order valence-electron chi connectivity index (χ4n) is 3.54. The molecule has 0 spiro atoms. The first-order valence-electron chi connectivity index (χ1n) is 10.0. The van der Waals surface area contributed by atoms with Crippen molar-refractivity contribution in [3.05, 3.63) is 76.9 Å². The Morgan fingerprint density at radius 1 is 1.12 bits per heavy atom. The lowest BCUT2D eigenvalue weighted by atomic mass is 9.83. The van der Waals surface area contributed by atoms with Crippen molar-refractivity contribution in [2.75, 3.05) is 24.1 Å². The SMILES string of the molecule is Nc1nccc(Oc2ccc(NC(=O)C3CNCC(c4ccc(F)cc4)C3=O)cc2F)c1Cl. The molecule has 3 aromatic rings. The number of halogens is 3. The van der Waals surface area contributed by atoms with Crippen molar-refractivity contribution in [2.45, 2.75) is 5.92 Å². The van der Waals surface area contributed by atoms with Gasteiger partial charge in [0.05, 0.1) is 5.92 Å². The highest BCUT2D eigenvalue weighted by Crippen LogP contribution is 2.34. The van der Waals surface area contributed by atoms with Crippen LogP contribution in [0, 0.1) is 17.6 Å². The summed E-state index contributed by atoms with van der Waals surface area (Å²) in [6.07, 6.45) is 1.37. The van der Waals surface area contributed by atoms with Crippen molar-refractivity contribution in [1.82, 2.24) is 10.3 Å². The number of carbonyl (C=O) groups is 2. The van der Waals surface area contributed by atoms with E-state index in [1.54, 1.807) is 0 Å². The van der Waals surface area contributed by atoms with Gasteiger partial charge in [-0.15, -0.1) is 0 Å². The molecular weight excluding hydrogens is 454 g/mol. The Hall–Kier alpha value is -3.56. The maximum atomic E-state index is 14.6. The second-order valence-electron chi connectivity index (χ2n) is 7.46. The predicted octanol–water partition coefficient (Wildman–Crippen LogP) is 3.90. The Labute approximate surface area is 192 Å². The average molecular weight is 473 g/mol. The highest BCUT2D eigenvalue weighted by atomic mass is 35.5. The third kappa shape index (κ3) is 4.94. The summed E-state index contributed by atoms with van der Waals surface area (Å²) >= 11 is 6.01. The first-order chi connectivity index (χ1) is 15.8. The molecule has 4 rings (SSSR count). The van der Waals surface area contributed by atoms with E-state index in [0.717, 1.165) is 6.07 Å². The van der Waals surface area contributed by atoms with Gasteiger partial charge >= 0.3 is 0 Å². The van der Waals surface area contributed by atoms with Gasteiger partial charge in [-0.2, -0.15) is 0 Å². The lowest BCUT2D eigenvalue weighted by molar-refractivity contribution is -0.133. The lowest BCUT2D eigenvalue weighted by Crippen LogP contribution is -2.47. The van der Waals surface area contributed by atoms with E-state index in [2.05, 4.69) is 15.6 Å².